The van der Waals surface area contributed by atoms with E-state index in [0.717, 1.165) is 0 Å². The number of fused-ring (bicyclic) bond motifs is 1. The topological polar surface area (TPSA) is 85.5 Å². The molecule has 4 unspecified atom stereocenters. The van der Waals surface area contributed by atoms with Crippen LogP contribution in [0.5, 0.6) is 0 Å². The Bertz CT molecular complexity index is 281. The zero-order valence-corrected chi connectivity index (χ0v) is 8.74. The first kappa shape index (κ1) is 10.7. The van der Waals surface area contributed by atoms with Gasteiger partial charge in [-0.1, -0.05) is 0 Å². The van der Waals surface area contributed by atoms with Crippen LogP contribution in [0.25, 0.3) is 0 Å². The largest absolute Gasteiger partial charge is 0.459 e. The summed E-state index contributed by atoms with van der Waals surface area (Å²) in [6.45, 7) is -0.213. The van der Waals surface area contributed by atoms with Crippen LogP contribution >= 0.6 is 0 Å². The first-order valence-electron chi connectivity index (χ1n) is 4.95. The number of nitrogens with zero attached hydrogens (tertiary/aromatic N) is 2. The zero-order chi connectivity index (χ0) is 11.2. The average molecular weight is 216 g/mol. The highest BCUT2D eigenvalue weighted by atomic mass is 16.5. The Kier molecular flexibility index (Phi) is 2.57. The van der Waals surface area contributed by atoms with Gasteiger partial charge in [0.25, 0.3) is 6.02 Å². The van der Waals surface area contributed by atoms with Crippen molar-refractivity contribution in [3.05, 3.63) is 0 Å². The number of hydrogen-bond acceptors (Lipinski definition) is 6. The third-order valence-corrected chi connectivity index (χ3v) is 2.99. The molecule has 86 valence electrons. The summed E-state index contributed by atoms with van der Waals surface area (Å²) in [4.78, 5) is 5.88. The lowest BCUT2D eigenvalue weighted by atomic mass is 10.1. The molecular weight excluding hydrogens is 200 g/mol. The molecule has 1 heterocycles. The Labute approximate surface area is 87.8 Å². The average Bonchev–Trinajstić information content (AvgIpc) is 2.69. The van der Waals surface area contributed by atoms with Gasteiger partial charge in [-0.15, -0.1) is 0 Å². The molecule has 2 aliphatic rings. The molecule has 0 aromatic rings. The number of rotatable bonds is 1. The van der Waals surface area contributed by atoms with Crippen molar-refractivity contribution in [2.45, 2.75) is 24.4 Å². The Hall–Kier alpha value is -0.850. The van der Waals surface area contributed by atoms with E-state index in [1.807, 2.05) is 0 Å². The van der Waals surface area contributed by atoms with E-state index >= 15 is 0 Å². The van der Waals surface area contributed by atoms with Gasteiger partial charge in [0.2, 0.25) is 0 Å². The molecule has 0 amide bonds. The highest BCUT2D eigenvalue weighted by Gasteiger charge is 2.54. The summed E-state index contributed by atoms with van der Waals surface area (Å²) >= 11 is 0. The van der Waals surface area contributed by atoms with E-state index in [-0.39, 0.29) is 6.61 Å². The maximum atomic E-state index is 9.70. The fourth-order valence-corrected chi connectivity index (χ4v) is 2.12. The molecule has 5 atom stereocenters. The van der Waals surface area contributed by atoms with E-state index in [1.165, 1.54) is 0 Å². The third-order valence-electron chi connectivity index (χ3n) is 2.99. The summed E-state index contributed by atoms with van der Waals surface area (Å²) in [5.41, 5.74) is 0. The monoisotopic (exact) mass is 216 g/mol. The lowest BCUT2D eigenvalue weighted by Crippen LogP contribution is -2.34. The molecular formula is C9H16N2O4. The van der Waals surface area contributed by atoms with Gasteiger partial charge in [0.05, 0.1) is 18.6 Å². The van der Waals surface area contributed by atoms with Crippen LogP contribution in [0.1, 0.15) is 0 Å². The quantitative estimate of drug-likeness (QED) is 0.473. The van der Waals surface area contributed by atoms with E-state index in [2.05, 4.69) is 4.99 Å². The van der Waals surface area contributed by atoms with E-state index in [4.69, 9.17) is 9.84 Å². The first-order chi connectivity index (χ1) is 7.06. The third kappa shape index (κ3) is 1.49. The molecule has 0 saturated heterocycles. The number of aliphatic hydroxyl groups is 3. The molecule has 1 aliphatic heterocycles. The molecule has 0 spiro atoms. The second kappa shape index (κ2) is 3.62. The number of aliphatic hydroxyl groups excluding tert-OH is 3. The van der Waals surface area contributed by atoms with Gasteiger partial charge in [0.1, 0.15) is 18.2 Å². The maximum Gasteiger partial charge on any atom is 0.287 e. The molecule has 0 aromatic heterocycles. The van der Waals surface area contributed by atoms with Crippen LogP contribution in [0.3, 0.4) is 0 Å². The molecule has 1 aliphatic carbocycles. The highest BCUT2D eigenvalue weighted by Crippen LogP contribution is 2.35. The van der Waals surface area contributed by atoms with Crippen LogP contribution in [0, 0.1) is 5.92 Å². The van der Waals surface area contributed by atoms with E-state index in [0.29, 0.717) is 6.02 Å². The van der Waals surface area contributed by atoms with Crippen LogP contribution < -0.4 is 0 Å². The molecule has 0 radical (unpaired) electrons. The van der Waals surface area contributed by atoms with Crippen LogP contribution in [-0.4, -0.2) is 71.3 Å². The molecule has 0 bridgehead atoms. The summed E-state index contributed by atoms with van der Waals surface area (Å²) in [5, 5.41) is 28.4. The molecule has 1 fully saturated rings. The second-order valence-electron chi connectivity index (χ2n) is 4.21. The van der Waals surface area contributed by atoms with Crippen molar-refractivity contribution in [2.24, 2.45) is 10.9 Å². The van der Waals surface area contributed by atoms with E-state index < -0.39 is 30.3 Å². The fraction of sp³-hybridized carbons (Fsp3) is 0.889. The molecule has 3 N–H and O–H groups in total. The van der Waals surface area contributed by atoms with Gasteiger partial charge in [-0.3, -0.25) is 0 Å². The summed E-state index contributed by atoms with van der Waals surface area (Å²) in [6.07, 6.45) is -2.33. The maximum absolute atomic E-state index is 9.70. The summed E-state index contributed by atoms with van der Waals surface area (Å²) in [7, 11) is 3.58. The van der Waals surface area contributed by atoms with Crippen molar-refractivity contribution < 1.29 is 20.1 Å². The molecule has 6 nitrogen and oxygen atoms in total. The van der Waals surface area contributed by atoms with Crippen molar-refractivity contribution in [3.8, 4) is 0 Å². The highest BCUT2D eigenvalue weighted by molar-refractivity contribution is 5.75. The number of ether oxygens (including phenoxy) is 1. The predicted octanol–water partition coefficient (Wildman–Crippen LogP) is -1.98. The van der Waals surface area contributed by atoms with Crippen LogP contribution in [-0.2, 0) is 4.74 Å². The molecule has 15 heavy (non-hydrogen) atoms. The van der Waals surface area contributed by atoms with Gasteiger partial charge < -0.3 is 25.0 Å². The Balaban J connectivity index is 2.19. The normalized spacial score (nSPS) is 43.5. The Morgan fingerprint density at radius 2 is 2.00 bits per heavy atom. The smallest absolute Gasteiger partial charge is 0.287 e. The minimum Gasteiger partial charge on any atom is -0.459 e. The first-order valence-corrected chi connectivity index (χ1v) is 4.95. The summed E-state index contributed by atoms with van der Waals surface area (Å²) < 4.78 is 5.49. The predicted molar refractivity (Wildman–Crippen MR) is 52.4 cm³/mol. The SMILES string of the molecule is CN(C)C1=NC2C(O1)C(CO)[C@@H](O)C2O. The van der Waals surface area contributed by atoms with Crippen molar-refractivity contribution in [1.82, 2.24) is 4.90 Å². The zero-order valence-electron chi connectivity index (χ0n) is 8.74. The Morgan fingerprint density at radius 1 is 1.33 bits per heavy atom. The standard InChI is InChI=1S/C9H16N2O4/c1-11(2)9-10-5-7(14)6(13)4(3-12)8(5)15-9/h4-8,12-14H,3H2,1-2H3/t4?,5?,6-,7?,8?/m1/s1. The molecule has 2 rings (SSSR count). The fourth-order valence-electron chi connectivity index (χ4n) is 2.12. The molecule has 0 aromatic carbocycles. The minimum absolute atomic E-state index is 0.213. The van der Waals surface area contributed by atoms with Gasteiger partial charge in [-0.05, 0) is 0 Å². The lowest BCUT2D eigenvalue weighted by molar-refractivity contribution is -0.00812. The van der Waals surface area contributed by atoms with Gasteiger partial charge in [-0.2, -0.15) is 0 Å². The number of hydrogen-bond donors (Lipinski definition) is 3. The van der Waals surface area contributed by atoms with Gasteiger partial charge in [0.15, 0.2) is 0 Å². The molecule has 1 saturated carbocycles. The van der Waals surface area contributed by atoms with Crippen molar-refractivity contribution >= 4 is 6.02 Å². The Morgan fingerprint density at radius 3 is 2.53 bits per heavy atom. The minimum atomic E-state index is -0.961. The molecule has 6 heteroatoms. The van der Waals surface area contributed by atoms with Crippen molar-refractivity contribution in [1.29, 1.82) is 0 Å². The number of amidine groups is 1. The van der Waals surface area contributed by atoms with E-state index in [9.17, 15) is 10.2 Å². The van der Waals surface area contributed by atoms with Gasteiger partial charge >= 0.3 is 0 Å². The summed E-state index contributed by atoms with van der Waals surface area (Å²) in [5.74, 6) is -0.466. The van der Waals surface area contributed by atoms with Crippen molar-refractivity contribution in [2.75, 3.05) is 20.7 Å². The van der Waals surface area contributed by atoms with Gasteiger partial charge in [0, 0.05) is 14.1 Å². The van der Waals surface area contributed by atoms with Crippen LogP contribution in [0.2, 0.25) is 0 Å². The summed E-state index contributed by atoms with van der Waals surface area (Å²) in [6, 6.07) is -0.0241. The van der Waals surface area contributed by atoms with Crippen molar-refractivity contribution in [3.63, 3.8) is 0 Å². The van der Waals surface area contributed by atoms with Crippen LogP contribution in [0.4, 0.5) is 0 Å². The van der Waals surface area contributed by atoms with Crippen LogP contribution in [0.15, 0.2) is 4.99 Å². The van der Waals surface area contributed by atoms with E-state index in [1.54, 1.807) is 19.0 Å². The van der Waals surface area contributed by atoms with Gasteiger partial charge in [-0.25, -0.2) is 4.99 Å². The second-order valence-corrected chi connectivity index (χ2v) is 4.21. The number of aliphatic imine (C=N–C) groups is 1. The lowest BCUT2D eigenvalue weighted by Gasteiger charge is -2.20.